The van der Waals surface area contributed by atoms with Gasteiger partial charge >= 0.3 is 0 Å². The minimum Gasteiger partial charge on any atom is -0.497 e. The number of hydrogen-bond acceptors (Lipinski definition) is 6. The zero-order valence-corrected chi connectivity index (χ0v) is 20.1. The highest BCUT2D eigenvalue weighted by Crippen LogP contribution is 2.33. The topological polar surface area (TPSA) is 65.3 Å². The Labute approximate surface area is 205 Å². The molecular weight excluding hydrogens is 450 g/mol. The predicted molar refractivity (Wildman–Crippen MR) is 133 cm³/mol. The largest absolute Gasteiger partial charge is 0.497 e. The summed E-state index contributed by atoms with van der Waals surface area (Å²) in [6.45, 7) is 2.37. The Morgan fingerprint density at radius 2 is 1.50 bits per heavy atom. The van der Waals surface area contributed by atoms with E-state index in [2.05, 4.69) is 56.8 Å². The maximum Gasteiger partial charge on any atom is 0.173 e. The molecule has 0 saturated heterocycles. The molecule has 0 radical (unpaired) electrons. The van der Waals surface area contributed by atoms with Gasteiger partial charge in [0.05, 0.1) is 26.8 Å². The van der Waals surface area contributed by atoms with Crippen LogP contribution in [0.4, 0.5) is 0 Å². The quantitative estimate of drug-likeness (QED) is 0.395. The fraction of sp³-hybridized carbons (Fsp3) is 0.269. The predicted octanol–water partition coefficient (Wildman–Crippen LogP) is 4.31. The highest BCUT2D eigenvalue weighted by Gasteiger charge is 2.30. The van der Waals surface area contributed by atoms with E-state index in [4.69, 9.17) is 9.47 Å². The molecule has 1 aliphatic heterocycles. The van der Waals surface area contributed by atoms with Crippen LogP contribution in [-0.2, 0) is 19.5 Å². The Hall–Kier alpha value is -3.42. The summed E-state index contributed by atoms with van der Waals surface area (Å²) < 4.78 is 12.6. The molecule has 1 atom stereocenters. The van der Waals surface area contributed by atoms with Gasteiger partial charge in [0.15, 0.2) is 5.82 Å². The van der Waals surface area contributed by atoms with Gasteiger partial charge in [0.1, 0.15) is 11.5 Å². The zero-order chi connectivity index (χ0) is 22.6. The third kappa shape index (κ3) is 4.90. The zero-order valence-electron chi connectivity index (χ0n) is 19.3. The van der Waals surface area contributed by atoms with Crippen LogP contribution in [0.2, 0.25) is 0 Å². The molecule has 8 heteroatoms. The number of tetrazole rings is 1. The Balaban J connectivity index is 0.00000274. The average Bonchev–Trinajstić information content (AvgIpc) is 3.32. The Bertz CT molecular complexity index is 1210. The molecule has 4 aromatic rings. The van der Waals surface area contributed by atoms with Crippen molar-refractivity contribution >= 4 is 12.4 Å². The number of hydrogen-bond donors (Lipinski definition) is 0. The lowest BCUT2D eigenvalue weighted by Gasteiger charge is -2.35. The molecule has 7 nitrogen and oxygen atoms in total. The normalized spacial score (nSPS) is 14.1. The first kappa shape index (κ1) is 23.7. The van der Waals surface area contributed by atoms with Crippen molar-refractivity contribution in [2.45, 2.75) is 25.6 Å². The van der Waals surface area contributed by atoms with Crippen molar-refractivity contribution in [3.63, 3.8) is 0 Å². The molecule has 0 spiro atoms. The number of ether oxygens (including phenoxy) is 2. The molecule has 3 aromatic carbocycles. The Morgan fingerprint density at radius 3 is 2.18 bits per heavy atom. The summed E-state index contributed by atoms with van der Waals surface area (Å²) in [7, 11) is 3.36. The molecule has 1 unspecified atom stereocenters. The van der Waals surface area contributed by atoms with Crippen LogP contribution in [0.15, 0.2) is 72.8 Å². The average molecular weight is 478 g/mol. The van der Waals surface area contributed by atoms with E-state index in [-0.39, 0.29) is 18.4 Å². The first-order valence-corrected chi connectivity index (χ1v) is 11.1. The van der Waals surface area contributed by atoms with Gasteiger partial charge in [0, 0.05) is 13.1 Å². The molecular formula is C26H28ClN5O2. The van der Waals surface area contributed by atoms with Crippen molar-refractivity contribution in [2.24, 2.45) is 0 Å². The van der Waals surface area contributed by atoms with E-state index in [1.165, 1.54) is 11.1 Å². The van der Waals surface area contributed by atoms with E-state index in [0.29, 0.717) is 6.54 Å². The maximum absolute atomic E-state index is 5.38. The third-order valence-corrected chi connectivity index (χ3v) is 6.25. The van der Waals surface area contributed by atoms with E-state index in [0.717, 1.165) is 48.0 Å². The third-order valence-electron chi connectivity index (χ3n) is 6.25. The lowest BCUT2D eigenvalue weighted by molar-refractivity contribution is 0.195. The Morgan fingerprint density at radius 1 is 0.853 bits per heavy atom. The van der Waals surface area contributed by atoms with Crippen LogP contribution < -0.4 is 9.47 Å². The monoisotopic (exact) mass is 477 g/mol. The van der Waals surface area contributed by atoms with E-state index in [9.17, 15) is 0 Å². The number of rotatable bonds is 7. The SMILES string of the molecule is COc1ccc(Cn2nnnc2C(c2ccc(OC)cc2)N2CCc3ccccc3C2)cc1.Cl. The van der Waals surface area contributed by atoms with Crippen LogP contribution in [-0.4, -0.2) is 45.9 Å². The fourth-order valence-electron chi connectivity index (χ4n) is 4.47. The lowest BCUT2D eigenvalue weighted by atomic mass is 9.96. The van der Waals surface area contributed by atoms with Crippen molar-refractivity contribution in [3.8, 4) is 11.5 Å². The van der Waals surface area contributed by atoms with E-state index >= 15 is 0 Å². The molecule has 0 fully saturated rings. The lowest BCUT2D eigenvalue weighted by Crippen LogP contribution is -2.36. The smallest absolute Gasteiger partial charge is 0.173 e. The van der Waals surface area contributed by atoms with Crippen molar-refractivity contribution < 1.29 is 9.47 Å². The molecule has 0 aliphatic carbocycles. The van der Waals surface area contributed by atoms with Gasteiger partial charge in [-0.25, -0.2) is 4.68 Å². The van der Waals surface area contributed by atoms with Gasteiger partial charge in [-0.1, -0.05) is 48.5 Å². The maximum atomic E-state index is 5.38. The van der Waals surface area contributed by atoms with Crippen LogP contribution in [0.3, 0.4) is 0 Å². The number of fused-ring (bicyclic) bond motifs is 1. The van der Waals surface area contributed by atoms with E-state index in [1.807, 2.05) is 41.1 Å². The van der Waals surface area contributed by atoms with E-state index < -0.39 is 0 Å². The first-order valence-electron chi connectivity index (χ1n) is 11.1. The number of benzene rings is 3. The Kier molecular flexibility index (Phi) is 7.45. The molecule has 1 aromatic heterocycles. The van der Waals surface area contributed by atoms with Crippen molar-refractivity contribution in [1.29, 1.82) is 0 Å². The summed E-state index contributed by atoms with van der Waals surface area (Å²) in [5.74, 6) is 2.49. The second kappa shape index (κ2) is 10.7. The summed E-state index contributed by atoms with van der Waals surface area (Å²) in [6, 6.07) is 24.8. The van der Waals surface area contributed by atoms with Crippen molar-refractivity contribution in [2.75, 3.05) is 20.8 Å². The van der Waals surface area contributed by atoms with Gasteiger partial charge in [-0.2, -0.15) is 0 Å². The highest BCUT2D eigenvalue weighted by atomic mass is 35.5. The minimum absolute atomic E-state index is 0. The van der Waals surface area contributed by atoms with Crippen LogP contribution in [0.5, 0.6) is 11.5 Å². The number of aromatic nitrogens is 4. The van der Waals surface area contributed by atoms with Gasteiger partial charge in [0.2, 0.25) is 0 Å². The number of nitrogens with zero attached hydrogens (tertiary/aromatic N) is 5. The first-order chi connectivity index (χ1) is 16.2. The second-order valence-electron chi connectivity index (χ2n) is 8.21. The van der Waals surface area contributed by atoms with Crippen molar-refractivity contribution in [3.05, 3.63) is 101 Å². The van der Waals surface area contributed by atoms with E-state index in [1.54, 1.807) is 14.2 Å². The van der Waals surface area contributed by atoms with Crippen LogP contribution in [0.25, 0.3) is 0 Å². The molecule has 0 amide bonds. The summed E-state index contributed by atoms with van der Waals surface area (Å²) in [4.78, 5) is 2.46. The highest BCUT2D eigenvalue weighted by molar-refractivity contribution is 5.85. The molecule has 1 aliphatic rings. The number of methoxy groups -OCH3 is 2. The van der Waals surface area contributed by atoms with Crippen LogP contribution in [0, 0.1) is 0 Å². The molecule has 34 heavy (non-hydrogen) atoms. The van der Waals surface area contributed by atoms with Gasteiger partial charge in [-0.05, 0) is 63.4 Å². The van der Waals surface area contributed by atoms with Gasteiger partial charge in [-0.15, -0.1) is 17.5 Å². The van der Waals surface area contributed by atoms with Crippen molar-refractivity contribution in [1.82, 2.24) is 25.1 Å². The van der Waals surface area contributed by atoms with Gasteiger partial charge < -0.3 is 9.47 Å². The summed E-state index contributed by atoms with van der Waals surface area (Å²) in [5, 5.41) is 12.9. The molecule has 5 rings (SSSR count). The summed E-state index contributed by atoms with van der Waals surface area (Å²) in [6.07, 6.45) is 1.00. The van der Waals surface area contributed by atoms with Gasteiger partial charge in [0.25, 0.3) is 0 Å². The second-order valence-corrected chi connectivity index (χ2v) is 8.21. The van der Waals surface area contributed by atoms with Crippen LogP contribution in [0.1, 0.15) is 34.1 Å². The summed E-state index contributed by atoms with van der Waals surface area (Å²) >= 11 is 0. The standard InChI is InChI=1S/C26H27N5O2.ClH/c1-32-23-11-7-19(8-12-23)17-31-26(27-28-29-31)25(21-9-13-24(33-2)14-10-21)30-16-15-20-5-3-4-6-22(20)18-30;/h3-14,25H,15-18H2,1-2H3;1H. The number of halogens is 1. The molecule has 0 saturated carbocycles. The minimum atomic E-state index is -0.0717. The summed E-state index contributed by atoms with van der Waals surface area (Å²) in [5.41, 5.74) is 5.03. The molecule has 176 valence electrons. The fourth-order valence-corrected chi connectivity index (χ4v) is 4.47. The molecule has 2 heterocycles. The molecule has 0 N–H and O–H groups in total. The van der Waals surface area contributed by atoms with Crippen LogP contribution >= 0.6 is 12.4 Å². The van der Waals surface area contributed by atoms with Gasteiger partial charge in [-0.3, -0.25) is 4.90 Å². The molecule has 0 bridgehead atoms.